The maximum absolute atomic E-state index is 11.2. The van der Waals surface area contributed by atoms with E-state index in [-0.39, 0.29) is 18.2 Å². The number of carbonyl (C=O) groups is 2. The highest BCUT2D eigenvalue weighted by atomic mass is 16.2. The minimum absolute atomic E-state index is 0.175. The summed E-state index contributed by atoms with van der Waals surface area (Å²) in [6, 6.07) is 0. The molecule has 0 spiro atoms. The molecule has 1 aliphatic rings. The second kappa shape index (κ2) is 6.56. The Morgan fingerprint density at radius 3 is 2.40 bits per heavy atom. The van der Waals surface area contributed by atoms with Crippen LogP contribution < -0.4 is 5.43 Å². The average molecular weight is 212 g/mol. The molecule has 0 unspecified atom stereocenters. The molecule has 1 aliphatic heterocycles. The first-order chi connectivity index (χ1) is 7.25. The molecule has 1 amide bonds. The molecule has 15 heavy (non-hydrogen) atoms. The summed E-state index contributed by atoms with van der Waals surface area (Å²) in [4.78, 5) is 22.1. The Hall–Kier alpha value is -0.900. The zero-order valence-electron chi connectivity index (χ0n) is 9.42. The van der Waals surface area contributed by atoms with Crippen LogP contribution in [-0.2, 0) is 9.59 Å². The molecular weight excluding hydrogens is 192 g/mol. The summed E-state index contributed by atoms with van der Waals surface area (Å²) in [6.07, 6.45) is 7.16. The van der Waals surface area contributed by atoms with Crippen molar-refractivity contribution in [2.45, 2.75) is 45.4 Å². The summed E-state index contributed by atoms with van der Waals surface area (Å²) in [6.45, 7) is 3.03. The molecule has 0 aliphatic carbocycles. The van der Waals surface area contributed by atoms with E-state index in [4.69, 9.17) is 0 Å². The van der Waals surface area contributed by atoms with Gasteiger partial charge < -0.3 is 0 Å². The van der Waals surface area contributed by atoms with Crippen LogP contribution in [-0.4, -0.2) is 29.8 Å². The van der Waals surface area contributed by atoms with Gasteiger partial charge in [-0.15, -0.1) is 0 Å². The minimum Gasteiger partial charge on any atom is -0.287 e. The fraction of sp³-hybridized carbons (Fsp3) is 0.818. The SMILES string of the molecule is CCCCCCCCN1NCC(=O)C1=O. The topological polar surface area (TPSA) is 49.4 Å². The molecule has 0 aromatic heterocycles. The van der Waals surface area contributed by atoms with Gasteiger partial charge in [0, 0.05) is 6.54 Å². The lowest BCUT2D eigenvalue weighted by Gasteiger charge is -2.13. The standard InChI is InChI=1S/C11H20N2O2/c1-2-3-4-5-6-7-8-13-11(15)10(14)9-12-13/h12H,2-9H2,1H3. The zero-order chi connectivity index (χ0) is 11.1. The molecular formula is C11H20N2O2. The molecule has 1 rings (SSSR count). The molecule has 0 bridgehead atoms. The Bertz CT molecular complexity index is 229. The molecule has 1 fully saturated rings. The second-order valence-corrected chi connectivity index (χ2v) is 3.98. The number of hydrazine groups is 1. The number of unbranched alkanes of at least 4 members (excludes halogenated alkanes) is 5. The van der Waals surface area contributed by atoms with Gasteiger partial charge in [0.05, 0.1) is 6.54 Å². The van der Waals surface area contributed by atoms with Crippen LogP contribution in [0.25, 0.3) is 0 Å². The van der Waals surface area contributed by atoms with E-state index < -0.39 is 0 Å². The fourth-order valence-corrected chi connectivity index (χ4v) is 1.70. The van der Waals surface area contributed by atoms with Gasteiger partial charge >= 0.3 is 5.91 Å². The average Bonchev–Trinajstić information content (AvgIpc) is 2.54. The van der Waals surface area contributed by atoms with Crippen molar-refractivity contribution in [3.63, 3.8) is 0 Å². The quantitative estimate of drug-likeness (QED) is 0.510. The molecule has 0 aromatic carbocycles. The third-order valence-corrected chi connectivity index (χ3v) is 2.65. The van der Waals surface area contributed by atoms with Gasteiger partial charge in [0.2, 0.25) is 5.78 Å². The maximum atomic E-state index is 11.2. The first-order valence-corrected chi connectivity index (χ1v) is 5.84. The van der Waals surface area contributed by atoms with E-state index in [1.807, 2.05) is 0 Å². The van der Waals surface area contributed by atoms with Gasteiger partial charge in [-0.25, -0.2) is 5.43 Å². The van der Waals surface area contributed by atoms with Gasteiger partial charge in [0.25, 0.3) is 0 Å². The van der Waals surface area contributed by atoms with E-state index in [0.29, 0.717) is 6.54 Å². The summed E-state index contributed by atoms with van der Waals surface area (Å²) in [5.74, 6) is -0.690. The van der Waals surface area contributed by atoms with E-state index >= 15 is 0 Å². The van der Waals surface area contributed by atoms with Crippen molar-refractivity contribution in [3.05, 3.63) is 0 Å². The number of carbonyl (C=O) groups excluding carboxylic acids is 2. The van der Waals surface area contributed by atoms with Crippen molar-refractivity contribution in [1.29, 1.82) is 0 Å². The van der Waals surface area contributed by atoms with Crippen molar-refractivity contribution in [2.24, 2.45) is 0 Å². The lowest BCUT2D eigenvalue weighted by atomic mass is 10.1. The highest BCUT2D eigenvalue weighted by Gasteiger charge is 2.27. The van der Waals surface area contributed by atoms with Crippen LogP contribution in [0.5, 0.6) is 0 Å². The number of nitrogens with zero attached hydrogens (tertiary/aromatic N) is 1. The second-order valence-electron chi connectivity index (χ2n) is 3.98. The van der Waals surface area contributed by atoms with Crippen LogP contribution in [0.3, 0.4) is 0 Å². The summed E-state index contributed by atoms with van der Waals surface area (Å²) < 4.78 is 0. The number of rotatable bonds is 7. The van der Waals surface area contributed by atoms with E-state index in [0.717, 1.165) is 12.8 Å². The summed E-state index contributed by atoms with van der Waals surface area (Å²) in [5, 5.41) is 1.45. The third kappa shape index (κ3) is 4.00. The molecule has 1 heterocycles. The van der Waals surface area contributed by atoms with Crippen molar-refractivity contribution >= 4 is 11.7 Å². The fourth-order valence-electron chi connectivity index (χ4n) is 1.70. The van der Waals surface area contributed by atoms with Crippen LogP contribution in [0.4, 0.5) is 0 Å². The number of hydrogen-bond donors (Lipinski definition) is 1. The number of ketones is 1. The van der Waals surface area contributed by atoms with Gasteiger partial charge in [-0.1, -0.05) is 39.0 Å². The Balaban J connectivity index is 2.01. The molecule has 0 saturated carbocycles. The van der Waals surface area contributed by atoms with E-state index in [1.165, 1.54) is 30.7 Å². The van der Waals surface area contributed by atoms with Gasteiger partial charge in [0.1, 0.15) is 0 Å². The number of amides is 1. The van der Waals surface area contributed by atoms with Crippen LogP contribution in [0.1, 0.15) is 45.4 Å². The molecule has 0 radical (unpaired) electrons. The summed E-state index contributed by atoms with van der Waals surface area (Å²) >= 11 is 0. The first-order valence-electron chi connectivity index (χ1n) is 5.84. The Morgan fingerprint density at radius 2 is 1.80 bits per heavy atom. The Kier molecular flexibility index (Phi) is 5.32. The van der Waals surface area contributed by atoms with Gasteiger partial charge in [-0.2, -0.15) is 0 Å². The summed E-state index contributed by atoms with van der Waals surface area (Å²) in [5.41, 5.74) is 2.79. The molecule has 4 heteroatoms. The van der Waals surface area contributed by atoms with Crippen LogP contribution in [0.2, 0.25) is 0 Å². The smallest absolute Gasteiger partial charge is 0.287 e. The summed E-state index contributed by atoms with van der Waals surface area (Å²) in [7, 11) is 0. The van der Waals surface area contributed by atoms with E-state index in [1.54, 1.807) is 0 Å². The maximum Gasteiger partial charge on any atom is 0.305 e. The van der Waals surface area contributed by atoms with Gasteiger partial charge in [0.15, 0.2) is 0 Å². The van der Waals surface area contributed by atoms with Crippen LogP contribution in [0.15, 0.2) is 0 Å². The predicted octanol–water partition coefficient (Wildman–Crippen LogP) is 1.26. The Labute approximate surface area is 91.0 Å². The third-order valence-electron chi connectivity index (χ3n) is 2.65. The molecule has 0 atom stereocenters. The number of nitrogens with one attached hydrogen (secondary N) is 1. The first kappa shape index (κ1) is 12.2. The highest BCUT2D eigenvalue weighted by Crippen LogP contribution is 2.06. The minimum atomic E-state index is -0.372. The number of hydrogen-bond acceptors (Lipinski definition) is 3. The van der Waals surface area contributed by atoms with Gasteiger partial charge in [-0.05, 0) is 6.42 Å². The zero-order valence-corrected chi connectivity index (χ0v) is 9.42. The molecule has 86 valence electrons. The van der Waals surface area contributed by atoms with Crippen molar-refractivity contribution in [1.82, 2.24) is 10.4 Å². The number of Topliss-reactive ketones (excluding diaryl/α,β-unsaturated/α-hetero) is 1. The van der Waals surface area contributed by atoms with Crippen LogP contribution >= 0.6 is 0 Å². The molecule has 0 aromatic rings. The van der Waals surface area contributed by atoms with E-state index in [2.05, 4.69) is 12.3 Å². The monoisotopic (exact) mass is 212 g/mol. The normalized spacial score (nSPS) is 16.5. The van der Waals surface area contributed by atoms with Crippen molar-refractivity contribution in [2.75, 3.05) is 13.1 Å². The van der Waals surface area contributed by atoms with Crippen molar-refractivity contribution in [3.8, 4) is 0 Å². The molecule has 1 N–H and O–H groups in total. The van der Waals surface area contributed by atoms with E-state index in [9.17, 15) is 9.59 Å². The molecule has 1 saturated heterocycles. The predicted molar refractivity (Wildman–Crippen MR) is 58.1 cm³/mol. The lowest BCUT2D eigenvalue weighted by Crippen LogP contribution is -2.35. The highest BCUT2D eigenvalue weighted by molar-refractivity contribution is 6.38. The van der Waals surface area contributed by atoms with Crippen molar-refractivity contribution < 1.29 is 9.59 Å². The molecule has 4 nitrogen and oxygen atoms in total. The van der Waals surface area contributed by atoms with Gasteiger partial charge in [-0.3, -0.25) is 14.6 Å². The largest absolute Gasteiger partial charge is 0.305 e. The van der Waals surface area contributed by atoms with Crippen LogP contribution in [0, 0.1) is 0 Å². The lowest BCUT2D eigenvalue weighted by molar-refractivity contribution is -0.140. The Morgan fingerprint density at radius 1 is 1.13 bits per heavy atom.